The molecule has 1 unspecified atom stereocenters. The molecule has 1 N–H and O–H groups in total. The highest BCUT2D eigenvalue weighted by molar-refractivity contribution is 9.10. The molecule has 30 heavy (non-hydrogen) atoms. The number of hydrogen-bond acceptors (Lipinski definition) is 5. The Morgan fingerprint density at radius 2 is 1.73 bits per heavy atom. The molecule has 1 aromatic heterocycles. The van der Waals surface area contributed by atoms with Gasteiger partial charge in [0, 0.05) is 29.8 Å². The maximum atomic E-state index is 13.3. The normalized spacial score (nSPS) is 15.7. The number of ether oxygens (including phenoxy) is 3. The van der Waals surface area contributed by atoms with Gasteiger partial charge in [-0.1, -0.05) is 28.1 Å². The van der Waals surface area contributed by atoms with Gasteiger partial charge in [0.15, 0.2) is 6.29 Å². The van der Waals surface area contributed by atoms with Crippen LogP contribution in [-0.4, -0.2) is 55.2 Å². The Hall–Kier alpha value is -2.68. The molecule has 0 bridgehead atoms. The van der Waals surface area contributed by atoms with Crippen LogP contribution in [0.25, 0.3) is 11.3 Å². The number of hydrogen-bond donors (Lipinski definition) is 1. The van der Waals surface area contributed by atoms with E-state index in [1.54, 1.807) is 26.2 Å². The number of H-pyrrole nitrogens is 1. The van der Waals surface area contributed by atoms with E-state index in [4.69, 9.17) is 14.2 Å². The van der Waals surface area contributed by atoms with Crippen molar-refractivity contribution >= 4 is 21.8 Å². The van der Waals surface area contributed by atoms with Crippen molar-refractivity contribution in [3.63, 3.8) is 0 Å². The minimum Gasteiger partial charge on any atom is -0.497 e. The number of methoxy groups -OCH3 is 3. The first-order valence-electron chi connectivity index (χ1n) is 9.42. The van der Waals surface area contributed by atoms with Gasteiger partial charge >= 0.3 is 0 Å². The molecule has 8 heteroatoms. The van der Waals surface area contributed by atoms with Crippen LogP contribution in [0.3, 0.4) is 0 Å². The van der Waals surface area contributed by atoms with Gasteiger partial charge in [0.2, 0.25) is 0 Å². The van der Waals surface area contributed by atoms with E-state index >= 15 is 0 Å². The molecule has 2 heterocycles. The Bertz CT molecular complexity index is 1030. The van der Waals surface area contributed by atoms with E-state index in [-0.39, 0.29) is 18.5 Å². The Balaban J connectivity index is 1.82. The number of carbonyl (C=O) groups excluding carboxylic acids is 1. The fourth-order valence-electron chi connectivity index (χ4n) is 3.75. The zero-order chi connectivity index (χ0) is 21.3. The summed E-state index contributed by atoms with van der Waals surface area (Å²) in [6.45, 7) is 0.289. The Morgan fingerprint density at radius 3 is 2.33 bits per heavy atom. The van der Waals surface area contributed by atoms with Crippen molar-refractivity contribution in [1.82, 2.24) is 15.1 Å². The SMILES string of the molecule is COc1ccc(-c2n[nH]c3c2C(c2ccc(Br)cc2)N(CC(OC)OC)C3=O)cc1. The monoisotopic (exact) mass is 471 g/mol. The highest BCUT2D eigenvalue weighted by Crippen LogP contribution is 2.43. The van der Waals surface area contributed by atoms with Gasteiger partial charge in [-0.15, -0.1) is 0 Å². The van der Waals surface area contributed by atoms with Crippen LogP contribution in [0, 0.1) is 0 Å². The number of fused-ring (bicyclic) bond motifs is 1. The summed E-state index contributed by atoms with van der Waals surface area (Å²) in [5, 5.41) is 7.43. The van der Waals surface area contributed by atoms with Gasteiger partial charge < -0.3 is 19.1 Å². The number of amides is 1. The molecule has 1 amide bonds. The summed E-state index contributed by atoms with van der Waals surface area (Å²) >= 11 is 3.48. The average Bonchev–Trinajstić information content (AvgIpc) is 3.32. The van der Waals surface area contributed by atoms with E-state index in [0.29, 0.717) is 5.69 Å². The van der Waals surface area contributed by atoms with Crippen LogP contribution in [-0.2, 0) is 9.47 Å². The van der Waals surface area contributed by atoms with Crippen LogP contribution in [0.4, 0.5) is 0 Å². The molecule has 1 aliphatic rings. The minimum atomic E-state index is -0.534. The lowest BCUT2D eigenvalue weighted by molar-refractivity contribution is -0.113. The molecule has 3 aromatic rings. The van der Waals surface area contributed by atoms with Gasteiger partial charge in [0.1, 0.15) is 11.4 Å². The van der Waals surface area contributed by atoms with Gasteiger partial charge in [-0.3, -0.25) is 9.89 Å². The van der Waals surface area contributed by atoms with Crippen molar-refractivity contribution in [3.8, 4) is 17.0 Å². The summed E-state index contributed by atoms with van der Waals surface area (Å²) < 4.78 is 17.0. The molecule has 1 aliphatic heterocycles. The highest BCUT2D eigenvalue weighted by Gasteiger charge is 2.43. The minimum absolute atomic E-state index is 0.135. The van der Waals surface area contributed by atoms with Crippen LogP contribution in [0.5, 0.6) is 5.75 Å². The Morgan fingerprint density at radius 1 is 1.07 bits per heavy atom. The molecular formula is C22H22BrN3O4. The molecule has 156 valence electrons. The van der Waals surface area contributed by atoms with Crippen LogP contribution < -0.4 is 4.74 Å². The van der Waals surface area contributed by atoms with Crippen molar-refractivity contribution in [2.75, 3.05) is 27.9 Å². The maximum absolute atomic E-state index is 13.3. The van der Waals surface area contributed by atoms with Crippen molar-refractivity contribution in [3.05, 3.63) is 69.8 Å². The zero-order valence-corrected chi connectivity index (χ0v) is 18.5. The fraction of sp³-hybridized carbons (Fsp3) is 0.273. The molecule has 0 saturated heterocycles. The predicted octanol–water partition coefficient (Wildman–Crippen LogP) is 4.01. The lowest BCUT2D eigenvalue weighted by Gasteiger charge is -2.29. The van der Waals surface area contributed by atoms with Gasteiger partial charge in [-0.25, -0.2) is 0 Å². The molecular weight excluding hydrogens is 450 g/mol. The topological polar surface area (TPSA) is 76.7 Å². The lowest BCUT2D eigenvalue weighted by atomic mass is 9.96. The summed E-state index contributed by atoms with van der Waals surface area (Å²) in [7, 11) is 4.75. The molecule has 4 rings (SSSR count). The predicted molar refractivity (Wildman–Crippen MR) is 115 cm³/mol. The first-order valence-corrected chi connectivity index (χ1v) is 10.2. The Labute approximate surface area is 183 Å². The molecule has 0 saturated carbocycles. The second-order valence-corrected chi connectivity index (χ2v) is 7.82. The number of carbonyl (C=O) groups is 1. The number of halogens is 1. The van der Waals surface area contributed by atoms with Crippen LogP contribution in [0.15, 0.2) is 53.0 Å². The first-order chi connectivity index (χ1) is 14.6. The van der Waals surface area contributed by atoms with Crippen molar-refractivity contribution in [1.29, 1.82) is 0 Å². The van der Waals surface area contributed by atoms with E-state index in [2.05, 4.69) is 26.1 Å². The van der Waals surface area contributed by atoms with E-state index in [0.717, 1.165) is 32.6 Å². The quantitative estimate of drug-likeness (QED) is 0.526. The summed E-state index contributed by atoms with van der Waals surface area (Å²) in [4.78, 5) is 15.0. The van der Waals surface area contributed by atoms with Crippen LogP contribution >= 0.6 is 15.9 Å². The molecule has 2 aromatic carbocycles. The average molecular weight is 472 g/mol. The zero-order valence-electron chi connectivity index (χ0n) is 16.9. The Kier molecular flexibility index (Phi) is 5.90. The van der Waals surface area contributed by atoms with Crippen molar-refractivity contribution in [2.45, 2.75) is 12.3 Å². The molecule has 0 radical (unpaired) electrons. The number of aromatic amines is 1. The van der Waals surface area contributed by atoms with Gasteiger partial charge in [0.25, 0.3) is 5.91 Å². The van der Waals surface area contributed by atoms with E-state index in [1.807, 2.05) is 48.5 Å². The molecule has 0 fully saturated rings. The van der Waals surface area contributed by atoms with E-state index < -0.39 is 6.29 Å². The number of rotatable bonds is 7. The van der Waals surface area contributed by atoms with Crippen LogP contribution in [0.2, 0.25) is 0 Å². The second kappa shape index (κ2) is 8.59. The van der Waals surface area contributed by atoms with Crippen LogP contribution in [0.1, 0.15) is 27.7 Å². The third-order valence-electron chi connectivity index (χ3n) is 5.28. The number of benzene rings is 2. The lowest BCUT2D eigenvalue weighted by Crippen LogP contribution is -2.38. The highest BCUT2D eigenvalue weighted by atomic mass is 79.9. The molecule has 1 atom stereocenters. The van der Waals surface area contributed by atoms with E-state index in [1.165, 1.54) is 0 Å². The van der Waals surface area contributed by atoms with E-state index in [9.17, 15) is 4.79 Å². The summed E-state index contributed by atoms with van der Waals surface area (Å²) in [6, 6.07) is 15.3. The van der Waals surface area contributed by atoms with Crippen molar-refractivity contribution < 1.29 is 19.0 Å². The maximum Gasteiger partial charge on any atom is 0.273 e. The number of aromatic nitrogens is 2. The van der Waals surface area contributed by atoms with Crippen molar-refractivity contribution in [2.24, 2.45) is 0 Å². The summed E-state index contributed by atoms with van der Waals surface area (Å²) in [6.07, 6.45) is -0.534. The van der Waals surface area contributed by atoms with Gasteiger partial charge in [-0.05, 0) is 42.0 Å². The number of nitrogens with zero attached hydrogens (tertiary/aromatic N) is 2. The summed E-state index contributed by atoms with van der Waals surface area (Å²) in [5.74, 6) is 0.625. The van der Waals surface area contributed by atoms with Gasteiger partial charge in [0.05, 0.1) is 25.4 Å². The third-order valence-corrected chi connectivity index (χ3v) is 5.81. The molecule has 0 aliphatic carbocycles. The standard InChI is InChI=1S/C22H22BrN3O4/c1-28-16-10-6-13(7-11-16)19-18-20(25-24-19)22(27)26(12-17(29-2)30-3)21(18)14-4-8-15(23)9-5-14/h4-11,17,21H,12H2,1-3H3,(H,24,25). The smallest absolute Gasteiger partial charge is 0.273 e. The molecule has 7 nitrogen and oxygen atoms in total. The van der Waals surface area contributed by atoms with Gasteiger partial charge in [-0.2, -0.15) is 5.10 Å². The first kappa shape index (κ1) is 20.6. The summed E-state index contributed by atoms with van der Waals surface area (Å²) in [5.41, 5.74) is 3.95. The second-order valence-electron chi connectivity index (χ2n) is 6.90. The molecule has 0 spiro atoms. The number of nitrogens with one attached hydrogen (secondary N) is 1. The fourth-order valence-corrected chi connectivity index (χ4v) is 4.02. The largest absolute Gasteiger partial charge is 0.497 e. The third kappa shape index (κ3) is 3.62.